The number of morpholine rings is 1. The molecule has 0 aromatic heterocycles. The van der Waals surface area contributed by atoms with Crippen molar-refractivity contribution in [1.82, 2.24) is 14.7 Å². The van der Waals surface area contributed by atoms with Gasteiger partial charge in [0.25, 0.3) is 0 Å². The van der Waals surface area contributed by atoms with Crippen molar-refractivity contribution >= 4 is 11.8 Å². The number of hydrogen-bond donors (Lipinski definition) is 0. The van der Waals surface area contributed by atoms with Crippen molar-refractivity contribution in [3.63, 3.8) is 0 Å². The van der Waals surface area contributed by atoms with Crippen LogP contribution in [0.1, 0.15) is 32.1 Å². The van der Waals surface area contributed by atoms with E-state index in [1.807, 2.05) is 9.80 Å². The molecule has 6 nitrogen and oxygen atoms in total. The standard InChI is InChI=1S/C17H29N3O3/c21-16-13-15(17(22)19-5-3-1-2-4-6-19)14-20(16)8-7-18-9-11-23-12-10-18/h15H,1-14H2. The third-order valence-electron chi connectivity index (χ3n) is 5.27. The molecule has 0 spiro atoms. The summed E-state index contributed by atoms with van der Waals surface area (Å²) >= 11 is 0. The van der Waals surface area contributed by atoms with E-state index < -0.39 is 0 Å². The van der Waals surface area contributed by atoms with Gasteiger partial charge in [0.15, 0.2) is 0 Å². The van der Waals surface area contributed by atoms with Crippen LogP contribution in [0.4, 0.5) is 0 Å². The van der Waals surface area contributed by atoms with Crippen LogP contribution in [0.25, 0.3) is 0 Å². The van der Waals surface area contributed by atoms with E-state index in [4.69, 9.17) is 4.74 Å². The minimum absolute atomic E-state index is 0.120. The Hall–Kier alpha value is -1.14. The Morgan fingerprint density at radius 3 is 2.39 bits per heavy atom. The molecule has 0 N–H and O–H groups in total. The summed E-state index contributed by atoms with van der Waals surface area (Å²) in [5, 5.41) is 0. The highest BCUT2D eigenvalue weighted by atomic mass is 16.5. The first-order valence-corrected chi connectivity index (χ1v) is 9.11. The maximum Gasteiger partial charge on any atom is 0.227 e. The SMILES string of the molecule is O=C1CC(C(=O)N2CCCCCC2)CN1CCN1CCOCC1. The van der Waals surface area contributed by atoms with Gasteiger partial charge in [-0.3, -0.25) is 14.5 Å². The molecule has 3 aliphatic heterocycles. The Bertz CT molecular complexity index is 415. The number of amides is 2. The molecule has 6 heteroatoms. The van der Waals surface area contributed by atoms with Crippen molar-refractivity contribution in [3.8, 4) is 0 Å². The Morgan fingerprint density at radius 1 is 1.00 bits per heavy atom. The summed E-state index contributed by atoms with van der Waals surface area (Å²) < 4.78 is 5.35. The maximum absolute atomic E-state index is 12.7. The molecule has 0 aromatic rings. The van der Waals surface area contributed by atoms with Gasteiger partial charge in [-0.1, -0.05) is 12.8 Å². The van der Waals surface area contributed by atoms with E-state index in [0.717, 1.165) is 65.3 Å². The lowest BCUT2D eigenvalue weighted by atomic mass is 10.1. The predicted molar refractivity (Wildman–Crippen MR) is 87.0 cm³/mol. The molecule has 3 heterocycles. The lowest BCUT2D eigenvalue weighted by Gasteiger charge is -2.28. The molecule has 0 bridgehead atoms. The van der Waals surface area contributed by atoms with E-state index in [2.05, 4.69) is 4.90 Å². The number of carbonyl (C=O) groups is 2. The average molecular weight is 323 g/mol. The molecule has 0 radical (unpaired) electrons. The van der Waals surface area contributed by atoms with E-state index in [0.29, 0.717) is 13.0 Å². The number of likely N-dealkylation sites (tertiary alicyclic amines) is 2. The van der Waals surface area contributed by atoms with Crippen molar-refractivity contribution in [2.75, 3.05) is 59.0 Å². The zero-order valence-electron chi connectivity index (χ0n) is 14.0. The molecule has 1 atom stereocenters. The summed E-state index contributed by atoms with van der Waals surface area (Å²) in [5.74, 6) is 0.228. The van der Waals surface area contributed by atoms with E-state index in [-0.39, 0.29) is 17.7 Å². The average Bonchev–Trinajstić information content (AvgIpc) is 2.78. The van der Waals surface area contributed by atoms with Crippen LogP contribution >= 0.6 is 0 Å². The molecule has 1 unspecified atom stereocenters. The highest BCUT2D eigenvalue weighted by Crippen LogP contribution is 2.22. The maximum atomic E-state index is 12.7. The summed E-state index contributed by atoms with van der Waals surface area (Å²) in [7, 11) is 0. The monoisotopic (exact) mass is 323 g/mol. The predicted octanol–water partition coefficient (Wildman–Crippen LogP) is 0.570. The first kappa shape index (κ1) is 16.7. The van der Waals surface area contributed by atoms with Gasteiger partial charge >= 0.3 is 0 Å². The van der Waals surface area contributed by atoms with Crippen LogP contribution in [0.2, 0.25) is 0 Å². The van der Waals surface area contributed by atoms with Crippen LogP contribution in [-0.4, -0.2) is 85.5 Å². The molecule has 3 saturated heterocycles. The van der Waals surface area contributed by atoms with Gasteiger partial charge in [0.1, 0.15) is 0 Å². The normalized spacial score (nSPS) is 27.3. The van der Waals surface area contributed by atoms with Crippen molar-refractivity contribution < 1.29 is 14.3 Å². The summed E-state index contributed by atoms with van der Waals surface area (Å²) in [6.07, 6.45) is 5.05. The quantitative estimate of drug-likeness (QED) is 0.759. The second-order valence-corrected chi connectivity index (χ2v) is 6.93. The topological polar surface area (TPSA) is 53.1 Å². The van der Waals surface area contributed by atoms with Crippen molar-refractivity contribution in [3.05, 3.63) is 0 Å². The first-order valence-electron chi connectivity index (χ1n) is 9.11. The first-order chi connectivity index (χ1) is 11.2. The molecule has 3 rings (SSSR count). The van der Waals surface area contributed by atoms with E-state index in [1.54, 1.807) is 0 Å². The van der Waals surface area contributed by atoms with Crippen molar-refractivity contribution in [1.29, 1.82) is 0 Å². The van der Waals surface area contributed by atoms with Gasteiger partial charge in [0, 0.05) is 52.2 Å². The highest BCUT2D eigenvalue weighted by molar-refractivity contribution is 5.89. The van der Waals surface area contributed by atoms with Crippen LogP contribution in [0.5, 0.6) is 0 Å². The zero-order valence-corrected chi connectivity index (χ0v) is 14.0. The molecule has 130 valence electrons. The molecule has 2 amide bonds. The minimum atomic E-state index is -0.120. The molecular weight excluding hydrogens is 294 g/mol. The zero-order chi connectivity index (χ0) is 16.1. The van der Waals surface area contributed by atoms with Crippen molar-refractivity contribution in [2.45, 2.75) is 32.1 Å². The molecule has 0 saturated carbocycles. The number of carbonyl (C=O) groups excluding carboxylic acids is 2. The van der Waals surface area contributed by atoms with Gasteiger partial charge < -0.3 is 14.5 Å². The minimum Gasteiger partial charge on any atom is -0.379 e. The Kier molecular flexibility index (Phi) is 5.89. The second-order valence-electron chi connectivity index (χ2n) is 6.93. The Labute approximate surface area is 138 Å². The molecule has 3 fully saturated rings. The van der Waals surface area contributed by atoms with E-state index >= 15 is 0 Å². The van der Waals surface area contributed by atoms with Gasteiger partial charge in [-0.2, -0.15) is 0 Å². The number of hydrogen-bond acceptors (Lipinski definition) is 4. The fraction of sp³-hybridized carbons (Fsp3) is 0.882. The number of ether oxygens (including phenoxy) is 1. The Morgan fingerprint density at radius 2 is 1.70 bits per heavy atom. The second kappa shape index (κ2) is 8.11. The van der Waals surface area contributed by atoms with Gasteiger partial charge in [-0.25, -0.2) is 0 Å². The fourth-order valence-electron chi connectivity index (χ4n) is 3.79. The fourth-order valence-corrected chi connectivity index (χ4v) is 3.79. The summed E-state index contributed by atoms with van der Waals surface area (Å²) in [6, 6.07) is 0. The Balaban J connectivity index is 1.47. The summed E-state index contributed by atoms with van der Waals surface area (Å²) in [6.45, 7) is 7.43. The lowest BCUT2D eigenvalue weighted by molar-refractivity contribution is -0.135. The largest absolute Gasteiger partial charge is 0.379 e. The third kappa shape index (κ3) is 4.44. The van der Waals surface area contributed by atoms with E-state index in [9.17, 15) is 9.59 Å². The molecule has 23 heavy (non-hydrogen) atoms. The van der Waals surface area contributed by atoms with Gasteiger partial charge in [0.05, 0.1) is 19.1 Å². The van der Waals surface area contributed by atoms with Crippen LogP contribution in [0.3, 0.4) is 0 Å². The molecule has 0 aliphatic carbocycles. The van der Waals surface area contributed by atoms with Crippen LogP contribution in [0, 0.1) is 5.92 Å². The van der Waals surface area contributed by atoms with E-state index in [1.165, 1.54) is 12.8 Å². The smallest absolute Gasteiger partial charge is 0.227 e. The molecule has 3 aliphatic rings. The number of nitrogens with zero attached hydrogens (tertiary/aromatic N) is 3. The lowest BCUT2D eigenvalue weighted by Crippen LogP contribution is -2.42. The van der Waals surface area contributed by atoms with Crippen LogP contribution in [-0.2, 0) is 14.3 Å². The highest BCUT2D eigenvalue weighted by Gasteiger charge is 2.36. The van der Waals surface area contributed by atoms with Gasteiger partial charge in [-0.05, 0) is 12.8 Å². The van der Waals surface area contributed by atoms with Crippen LogP contribution < -0.4 is 0 Å². The van der Waals surface area contributed by atoms with Crippen molar-refractivity contribution in [2.24, 2.45) is 5.92 Å². The van der Waals surface area contributed by atoms with Crippen LogP contribution in [0.15, 0.2) is 0 Å². The number of rotatable bonds is 4. The molecular formula is C17H29N3O3. The third-order valence-corrected chi connectivity index (χ3v) is 5.27. The molecule has 0 aromatic carbocycles. The van der Waals surface area contributed by atoms with Gasteiger partial charge in [0.2, 0.25) is 11.8 Å². The summed E-state index contributed by atoms with van der Waals surface area (Å²) in [5.41, 5.74) is 0. The van der Waals surface area contributed by atoms with Gasteiger partial charge in [-0.15, -0.1) is 0 Å². The summed E-state index contributed by atoms with van der Waals surface area (Å²) in [4.78, 5) is 31.1.